The maximum Gasteiger partial charge on any atom is 0.164 e. The number of aryl methyl sites for hydroxylation is 1. The Morgan fingerprint density at radius 3 is 2.02 bits per heavy atom. The van der Waals surface area contributed by atoms with Crippen LogP contribution in [-0.4, -0.2) is 15.0 Å². The van der Waals surface area contributed by atoms with Gasteiger partial charge in [0.15, 0.2) is 17.5 Å². The average molecular weight is 744 g/mol. The molecule has 0 N–H and O–H groups in total. The summed E-state index contributed by atoms with van der Waals surface area (Å²) in [6, 6.07) is 53.5. The quantitative estimate of drug-likeness (QED) is 0.168. The number of hydrogen-bond donors (Lipinski definition) is 0. The predicted octanol–water partition coefficient (Wildman–Crippen LogP) is 14.1. The molecule has 274 valence electrons. The molecular weight excluding hydrogens is 707 g/mol. The van der Waals surface area contributed by atoms with Crippen molar-refractivity contribution in [2.45, 2.75) is 13.3 Å². The lowest BCUT2D eigenvalue weighted by atomic mass is 9.84. The van der Waals surface area contributed by atoms with Crippen LogP contribution < -0.4 is 0 Å². The number of hydrogen-bond acceptors (Lipinski definition) is 4. The summed E-state index contributed by atoms with van der Waals surface area (Å²) < 4.78 is 6.70. The minimum atomic E-state index is 0.265. The Bertz CT molecular complexity index is 3340. The highest BCUT2D eigenvalue weighted by Crippen LogP contribution is 2.43. The van der Waals surface area contributed by atoms with Crippen molar-refractivity contribution in [1.29, 1.82) is 0 Å². The van der Waals surface area contributed by atoms with Gasteiger partial charge in [-0.1, -0.05) is 158 Å². The van der Waals surface area contributed by atoms with Gasteiger partial charge in [-0.2, -0.15) is 0 Å². The van der Waals surface area contributed by atoms with Crippen molar-refractivity contribution < 1.29 is 4.42 Å². The second-order valence-electron chi connectivity index (χ2n) is 15.2. The zero-order valence-corrected chi connectivity index (χ0v) is 31.9. The van der Waals surface area contributed by atoms with Crippen LogP contribution in [0, 0.1) is 12.8 Å². The molecule has 0 amide bonds. The summed E-state index contributed by atoms with van der Waals surface area (Å²) >= 11 is 0. The molecule has 2 aliphatic rings. The van der Waals surface area contributed by atoms with Crippen LogP contribution >= 0.6 is 0 Å². The summed E-state index contributed by atoms with van der Waals surface area (Å²) in [5.41, 5.74) is 9.05. The van der Waals surface area contributed by atoms with Gasteiger partial charge in [0.2, 0.25) is 0 Å². The van der Waals surface area contributed by atoms with E-state index in [2.05, 4.69) is 183 Å². The van der Waals surface area contributed by atoms with Crippen molar-refractivity contribution in [3.05, 3.63) is 205 Å². The van der Waals surface area contributed by atoms with Gasteiger partial charge in [0.25, 0.3) is 0 Å². The molecule has 0 bridgehead atoms. The maximum atomic E-state index is 6.70. The lowest BCUT2D eigenvalue weighted by molar-refractivity contribution is 0.669. The molecule has 0 saturated heterocycles. The summed E-state index contributed by atoms with van der Waals surface area (Å²) in [5.74, 6) is 2.17. The van der Waals surface area contributed by atoms with Gasteiger partial charge in [-0.15, -0.1) is 0 Å². The second kappa shape index (κ2) is 13.9. The van der Waals surface area contributed by atoms with E-state index in [0.29, 0.717) is 17.5 Å². The number of benzene rings is 6. The molecule has 4 heteroatoms. The monoisotopic (exact) mass is 743 g/mol. The van der Waals surface area contributed by atoms with E-state index in [4.69, 9.17) is 19.4 Å². The van der Waals surface area contributed by atoms with Crippen LogP contribution in [-0.2, 0) is 0 Å². The first kappa shape index (κ1) is 33.9. The molecule has 2 heterocycles. The molecule has 2 aliphatic carbocycles. The lowest BCUT2D eigenvalue weighted by Crippen LogP contribution is -2.10. The molecular formula is C54H37N3O. The first-order valence-corrected chi connectivity index (χ1v) is 19.9. The van der Waals surface area contributed by atoms with Gasteiger partial charge in [-0.05, 0) is 104 Å². The molecule has 58 heavy (non-hydrogen) atoms. The summed E-state index contributed by atoms with van der Waals surface area (Å²) in [4.78, 5) is 16.2. The van der Waals surface area contributed by atoms with Crippen LogP contribution in [0.25, 0.3) is 93.7 Å². The van der Waals surface area contributed by atoms with Crippen LogP contribution in [0.4, 0.5) is 0 Å². The third-order valence-corrected chi connectivity index (χ3v) is 11.6. The van der Waals surface area contributed by atoms with Crippen molar-refractivity contribution in [3.8, 4) is 33.9 Å². The molecule has 1 atom stereocenters. The molecule has 7 aromatic carbocycles. The number of nitrogens with zero attached hydrogens (tertiary/aromatic N) is 3. The van der Waals surface area contributed by atoms with Gasteiger partial charge in [-0.25, -0.2) is 15.0 Å². The summed E-state index contributed by atoms with van der Waals surface area (Å²) in [6.07, 6.45) is 13.9. The highest BCUT2D eigenvalue weighted by molar-refractivity contribution is 6.17. The van der Waals surface area contributed by atoms with E-state index in [1.165, 1.54) is 27.1 Å². The van der Waals surface area contributed by atoms with E-state index < -0.39 is 0 Å². The third kappa shape index (κ3) is 5.89. The Balaban J connectivity index is 1.23. The van der Waals surface area contributed by atoms with Gasteiger partial charge >= 0.3 is 0 Å². The van der Waals surface area contributed by atoms with Crippen molar-refractivity contribution in [3.63, 3.8) is 0 Å². The fraction of sp³-hybridized carbons (Fsp3) is 0.0556. The Morgan fingerprint density at radius 1 is 0.500 bits per heavy atom. The average Bonchev–Trinajstić information content (AvgIpc) is 3.66. The zero-order valence-electron chi connectivity index (χ0n) is 31.9. The summed E-state index contributed by atoms with van der Waals surface area (Å²) in [5, 5.41) is 9.03. The largest absolute Gasteiger partial charge is 0.456 e. The molecule has 4 nitrogen and oxygen atoms in total. The van der Waals surface area contributed by atoms with Crippen LogP contribution in [0.1, 0.15) is 17.8 Å². The third-order valence-electron chi connectivity index (χ3n) is 11.6. The minimum Gasteiger partial charge on any atom is -0.456 e. The Kier molecular flexibility index (Phi) is 8.14. The standard InChI is InChI=1S/C54H37N3O/c1-34-15-3-2-4-16-35-17-5-8-20-38(35)30-46(34)53-55-52(40-28-27-36-18-6-7-19-37(36)29-40)56-54(57-53)48-32-41(33-50-51(48)45-25-13-14-26-49(45)58-50)47-31-39-21-9-10-22-42(39)43-23-11-12-24-44(43)47/h2-28,30-33,37H,29H2,1H3. The van der Waals surface area contributed by atoms with Crippen molar-refractivity contribution in [2.75, 3.05) is 0 Å². The van der Waals surface area contributed by atoms with E-state index in [9.17, 15) is 0 Å². The Morgan fingerprint density at radius 2 is 1.16 bits per heavy atom. The number of furan rings is 1. The van der Waals surface area contributed by atoms with Gasteiger partial charge in [-0.3, -0.25) is 0 Å². The predicted molar refractivity (Wildman–Crippen MR) is 241 cm³/mol. The number of para-hydroxylation sites is 1. The van der Waals surface area contributed by atoms with Gasteiger partial charge in [0.05, 0.1) is 0 Å². The SMILES string of the molecule is Cc1cccccc2ccccc2cc1-c1nc(C2=CC=C3C=CC=CC3C2)nc(-c2cc(-c3cc4ccccc4c4ccccc34)cc3oc4ccccc4c23)n1. The normalized spacial score (nSPS) is 14.8. The molecule has 9 aromatic rings. The van der Waals surface area contributed by atoms with E-state index in [-0.39, 0.29) is 5.92 Å². The molecule has 0 saturated carbocycles. The Hall–Kier alpha value is -7.43. The van der Waals surface area contributed by atoms with Crippen LogP contribution in [0.2, 0.25) is 0 Å². The van der Waals surface area contributed by atoms with Crippen LogP contribution in [0.3, 0.4) is 0 Å². The van der Waals surface area contributed by atoms with Crippen LogP contribution in [0.5, 0.6) is 0 Å². The lowest BCUT2D eigenvalue weighted by Gasteiger charge is -2.22. The van der Waals surface area contributed by atoms with Gasteiger partial charge in [0.1, 0.15) is 11.2 Å². The van der Waals surface area contributed by atoms with Crippen molar-refractivity contribution in [2.24, 2.45) is 5.92 Å². The molecule has 2 aromatic heterocycles. The number of fused-ring (bicyclic) bond motifs is 8. The maximum absolute atomic E-state index is 6.70. The zero-order chi connectivity index (χ0) is 38.6. The van der Waals surface area contributed by atoms with E-state index in [0.717, 1.165) is 72.5 Å². The number of allylic oxidation sites excluding steroid dienone is 8. The van der Waals surface area contributed by atoms with Gasteiger partial charge < -0.3 is 4.42 Å². The Labute approximate surface area is 336 Å². The topological polar surface area (TPSA) is 51.8 Å². The smallest absolute Gasteiger partial charge is 0.164 e. The van der Waals surface area contributed by atoms with Crippen molar-refractivity contribution >= 4 is 59.8 Å². The fourth-order valence-corrected chi connectivity index (χ4v) is 8.69. The first-order valence-electron chi connectivity index (χ1n) is 19.9. The van der Waals surface area contributed by atoms with E-state index >= 15 is 0 Å². The van der Waals surface area contributed by atoms with E-state index in [1.807, 2.05) is 12.1 Å². The number of aromatic nitrogens is 3. The highest BCUT2D eigenvalue weighted by Gasteiger charge is 2.24. The first-order chi connectivity index (χ1) is 28.6. The fourth-order valence-electron chi connectivity index (χ4n) is 8.69. The highest BCUT2D eigenvalue weighted by atomic mass is 16.3. The molecule has 1 unspecified atom stereocenters. The number of rotatable bonds is 4. The molecule has 0 fully saturated rings. The minimum absolute atomic E-state index is 0.265. The molecule has 0 spiro atoms. The van der Waals surface area contributed by atoms with Crippen LogP contribution in [0.15, 0.2) is 198 Å². The molecule has 0 aliphatic heterocycles. The van der Waals surface area contributed by atoms with Crippen molar-refractivity contribution in [1.82, 2.24) is 15.0 Å². The summed E-state index contributed by atoms with van der Waals surface area (Å²) in [7, 11) is 0. The van der Waals surface area contributed by atoms with E-state index in [1.54, 1.807) is 0 Å². The molecule has 11 rings (SSSR count). The second-order valence-corrected chi connectivity index (χ2v) is 15.2. The summed E-state index contributed by atoms with van der Waals surface area (Å²) in [6.45, 7) is 2.13. The molecule has 0 radical (unpaired) electrons. The van der Waals surface area contributed by atoms with Gasteiger partial charge in [0, 0.05) is 27.8 Å².